The number of phenols is 3. The van der Waals surface area contributed by atoms with Crippen LogP contribution in [0.4, 0.5) is 0 Å². The Morgan fingerprint density at radius 1 is 0.905 bits per heavy atom. The Balaban J connectivity index is 1.97. The van der Waals surface area contributed by atoms with Crippen LogP contribution in [0.2, 0.25) is 0 Å². The largest absolute Gasteiger partial charge is 0.508 e. The van der Waals surface area contributed by atoms with Crippen LogP contribution in [0.15, 0.2) is 42.0 Å². The fourth-order valence-corrected chi connectivity index (χ4v) is 2.53. The molecule has 0 bridgehead atoms. The lowest BCUT2D eigenvalue weighted by Crippen LogP contribution is -2.13. The predicted molar refractivity (Wildman–Crippen MR) is 78.5 cm³/mol. The summed E-state index contributed by atoms with van der Waals surface area (Å²) in [4.78, 5) is 12.4. The summed E-state index contributed by atoms with van der Waals surface area (Å²) in [6, 6.07) is 9.21. The van der Waals surface area contributed by atoms with Gasteiger partial charge >= 0.3 is 0 Å². The molecule has 0 atom stereocenters. The molecule has 4 heteroatoms. The number of benzene rings is 2. The van der Waals surface area contributed by atoms with Gasteiger partial charge in [0.25, 0.3) is 0 Å². The van der Waals surface area contributed by atoms with Gasteiger partial charge in [0.05, 0.1) is 0 Å². The lowest BCUT2D eigenvalue weighted by Gasteiger charge is -2.17. The first-order valence-corrected chi connectivity index (χ1v) is 6.64. The molecule has 3 rings (SSSR count). The number of ketones is 1. The van der Waals surface area contributed by atoms with Crippen LogP contribution in [-0.4, -0.2) is 21.1 Å². The Kier molecular flexibility index (Phi) is 3.14. The number of allylic oxidation sites excluding steroid dienone is 1. The fourth-order valence-electron chi connectivity index (χ4n) is 2.53. The Hall–Kier alpha value is -2.75. The Morgan fingerprint density at radius 3 is 2.48 bits per heavy atom. The molecule has 0 unspecified atom stereocenters. The quantitative estimate of drug-likeness (QED) is 0.555. The van der Waals surface area contributed by atoms with Crippen molar-refractivity contribution in [3.63, 3.8) is 0 Å². The summed E-state index contributed by atoms with van der Waals surface area (Å²) in [5, 5.41) is 28.2. The highest BCUT2D eigenvalue weighted by atomic mass is 16.3. The molecule has 0 aliphatic heterocycles. The highest BCUT2D eigenvalue weighted by molar-refractivity contribution is 6.13. The fraction of sp³-hybridized carbons (Fsp3) is 0.118. The van der Waals surface area contributed by atoms with Crippen molar-refractivity contribution in [3.05, 3.63) is 58.7 Å². The van der Waals surface area contributed by atoms with Crippen molar-refractivity contribution in [2.24, 2.45) is 0 Å². The summed E-state index contributed by atoms with van der Waals surface area (Å²) in [5.41, 5.74) is 2.77. The number of hydrogen-bond donors (Lipinski definition) is 3. The molecule has 3 N–H and O–H groups in total. The standard InChI is InChI=1S/C17H14O4/c18-13-4-5-14-11(9-13)2-3-12(17(14)21)7-10-1-6-15(19)16(20)8-10/h1,4-9,18-20H,2-3H2. The van der Waals surface area contributed by atoms with Crippen molar-refractivity contribution in [2.75, 3.05) is 0 Å². The van der Waals surface area contributed by atoms with E-state index in [1.807, 2.05) is 0 Å². The third-order valence-electron chi connectivity index (χ3n) is 3.63. The smallest absolute Gasteiger partial charge is 0.189 e. The van der Waals surface area contributed by atoms with Crippen LogP contribution in [0.1, 0.15) is 27.9 Å². The zero-order valence-electron chi connectivity index (χ0n) is 11.2. The third kappa shape index (κ3) is 2.48. The number of carbonyl (C=O) groups excluding carboxylic acids is 1. The predicted octanol–water partition coefficient (Wildman–Crippen LogP) is 3.02. The number of aryl methyl sites for hydroxylation is 1. The minimum absolute atomic E-state index is 0.0659. The minimum Gasteiger partial charge on any atom is -0.508 e. The molecule has 0 aromatic heterocycles. The topological polar surface area (TPSA) is 77.8 Å². The number of rotatable bonds is 1. The molecule has 2 aromatic carbocycles. The minimum atomic E-state index is -0.210. The molecule has 0 heterocycles. The average Bonchev–Trinajstić information content (AvgIpc) is 2.46. The first-order valence-electron chi connectivity index (χ1n) is 6.64. The summed E-state index contributed by atoms with van der Waals surface area (Å²) in [7, 11) is 0. The zero-order valence-corrected chi connectivity index (χ0v) is 11.2. The Labute approximate surface area is 121 Å². The maximum absolute atomic E-state index is 12.4. The van der Waals surface area contributed by atoms with Gasteiger partial charge in [-0.05, 0) is 60.4 Å². The van der Waals surface area contributed by atoms with Gasteiger partial charge in [0.1, 0.15) is 5.75 Å². The van der Waals surface area contributed by atoms with Crippen LogP contribution in [-0.2, 0) is 6.42 Å². The van der Waals surface area contributed by atoms with Crippen molar-refractivity contribution in [1.82, 2.24) is 0 Å². The van der Waals surface area contributed by atoms with Crippen molar-refractivity contribution >= 4 is 11.9 Å². The molecule has 21 heavy (non-hydrogen) atoms. The highest BCUT2D eigenvalue weighted by Crippen LogP contribution is 2.31. The first-order chi connectivity index (χ1) is 10.0. The van der Waals surface area contributed by atoms with Crippen molar-refractivity contribution < 1.29 is 20.1 Å². The van der Waals surface area contributed by atoms with Crippen LogP contribution in [0, 0.1) is 0 Å². The van der Waals surface area contributed by atoms with Gasteiger partial charge in [-0.2, -0.15) is 0 Å². The number of aromatic hydroxyl groups is 3. The van der Waals surface area contributed by atoms with Gasteiger partial charge in [0, 0.05) is 11.1 Å². The highest BCUT2D eigenvalue weighted by Gasteiger charge is 2.22. The molecule has 0 radical (unpaired) electrons. The molecule has 1 aliphatic rings. The second-order valence-corrected chi connectivity index (χ2v) is 5.09. The molecule has 0 saturated heterocycles. The maximum atomic E-state index is 12.4. The van der Waals surface area contributed by atoms with E-state index in [1.165, 1.54) is 18.2 Å². The maximum Gasteiger partial charge on any atom is 0.189 e. The molecule has 106 valence electrons. The monoisotopic (exact) mass is 282 g/mol. The molecule has 0 fully saturated rings. The normalized spacial score (nSPS) is 16.0. The van der Waals surface area contributed by atoms with E-state index < -0.39 is 0 Å². The van der Waals surface area contributed by atoms with Crippen molar-refractivity contribution in [3.8, 4) is 17.2 Å². The van der Waals surface area contributed by atoms with E-state index in [2.05, 4.69) is 0 Å². The van der Waals surface area contributed by atoms with Gasteiger partial charge in [-0.3, -0.25) is 4.79 Å². The molecule has 0 spiro atoms. The van der Waals surface area contributed by atoms with E-state index in [-0.39, 0.29) is 23.0 Å². The lowest BCUT2D eigenvalue weighted by atomic mass is 9.86. The van der Waals surface area contributed by atoms with Crippen LogP contribution in [0.3, 0.4) is 0 Å². The number of hydrogen-bond acceptors (Lipinski definition) is 4. The molecule has 2 aromatic rings. The Morgan fingerprint density at radius 2 is 1.71 bits per heavy atom. The molecule has 4 nitrogen and oxygen atoms in total. The van der Waals surface area contributed by atoms with Gasteiger partial charge in [-0.25, -0.2) is 0 Å². The van der Waals surface area contributed by atoms with Crippen molar-refractivity contribution in [2.45, 2.75) is 12.8 Å². The molecule has 1 aliphatic carbocycles. The zero-order chi connectivity index (χ0) is 15.0. The van der Waals surface area contributed by atoms with Gasteiger partial charge in [-0.15, -0.1) is 0 Å². The molecule has 0 saturated carbocycles. The number of Topliss-reactive ketones (excluding diaryl/α,β-unsaturated/α-hetero) is 1. The van der Waals surface area contributed by atoms with Crippen LogP contribution in [0.5, 0.6) is 17.2 Å². The summed E-state index contributed by atoms with van der Waals surface area (Å²) < 4.78 is 0. The molecular formula is C17H14O4. The van der Waals surface area contributed by atoms with E-state index in [1.54, 1.807) is 24.3 Å². The van der Waals surface area contributed by atoms with E-state index in [4.69, 9.17) is 0 Å². The van der Waals surface area contributed by atoms with E-state index in [9.17, 15) is 20.1 Å². The van der Waals surface area contributed by atoms with E-state index >= 15 is 0 Å². The van der Waals surface area contributed by atoms with Gasteiger partial charge < -0.3 is 15.3 Å². The third-order valence-corrected chi connectivity index (χ3v) is 3.63. The van der Waals surface area contributed by atoms with E-state index in [0.29, 0.717) is 29.5 Å². The summed E-state index contributed by atoms with van der Waals surface area (Å²) in [5.74, 6) is -0.299. The second kappa shape index (κ2) is 4.98. The lowest BCUT2D eigenvalue weighted by molar-refractivity contribution is 0.102. The average molecular weight is 282 g/mol. The first kappa shape index (κ1) is 13.2. The van der Waals surface area contributed by atoms with Crippen LogP contribution >= 0.6 is 0 Å². The Bertz CT molecular complexity index is 759. The number of fused-ring (bicyclic) bond motifs is 1. The van der Waals surface area contributed by atoms with Gasteiger partial charge in [0.2, 0.25) is 0 Å². The summed E-state index contributed by atoms with van der Waals surface area (Å²) >= 11 is 0. The van der Waals surface area contributed by atoms with Crippen LogP contribution < -0.4 is 0 Å². The number of carbonyl (C=O) groups is 1. The summed E-state index contributed by atoms with van der Waals surface area (Å²) in [6.07, 6.45) is 2.99. The van der Waals surface area contributed by atoms with Gasteiger partial charge in [0.15, 0.2) is 17.3 Å². The SMILES string of the molecule is O=C1C(=Cc2ccc(O)c(O)c2)CCc2cc(O)ccc21. The number of phenolic OH excluding ortho intramolecular Hbond substituents is 3. The molecule has 0 amide bonds. The van der Waals surface area contributed by atoms with Gasteiger partial charge in [-0.1, -0.05) is 6.07 Å². The molecular weight excluding hydrogens is 268 g/mol. The van der Waals surface area contributed by atoms with E-state index in [0.717, 1.165) is 5.56 Å². The van der Waals surface area contributed by atoms with Crippen LogP contribution in [0.25, 0.3) is 6.08 Å². The second-order valence-electron chi connectivity index (χ2n) is 5.09. The summed E-state index contributed by atoms with van der Waals surface area (Å²) in [6.45, 7) is 0. The van der Waals surface area contributed by atoms with Crippen molar-refractivity contribution in [1.29, 1.82) is 0 Å².